The van der Waals surface area contributed by atoms with Gasteiger partial charge in [-0.25, -0.2) is 0 Å². The lowest BCUT2D eigenvalue weighted by molar-refractivity contribution is -0.123. The summed E-state index contributed by atoms with van der Waals surface area (Å²) in [4.78, 5) is 40.6. The average Bonchev–Trinajstić information content (AvgIpc) is 3.56. The Bertz CT molecular complexity index is 1270. The Morgan fingerprint density at radius 1 is 1.22 bits per heavy atom. The summed E-state index contributed by atoms with van der Waals surface area (Å²) in [6.07, 6.45) is 1.61. The third-order valence-corrected chi connectivity index (χ3v) is 6.82. The van der Waals surface area contributed by atoms with E-state index in [0.29, 0.717) is 23.6 Å². The first kappa shape index (κ1) is 25.9. The zero-order valence-electron chi connectivity index (χ0n) is 20.0. The predicted molar refractivity (Wildman–Crippen MR) is 138 cm³/mol. The Balaban J connectivity index is 1.80. The largest absolute Gasteiger partial charge is 0.508 e. The smallest absolute Gasteiger partial charge is 0.273 e. The predicted octanol–water partition coefficient (Wildman–Crippen LogP) is 2.22. The molecule has 1 saturated heterocycles. The zero-order chi connectivity index (χ0) is 26.5. The average molecular weight is 526 g/mol. The number of phenols is 1. The Morgan fingerprint density at radius 2 is 1.92 bits per heavy atom. The second kappa shape index (κ2) is 11.3. The fourth-order valence-electron chi connectivity index (χ4n) is 4.06. The number of aromatic hydroxyl groups is 1. The number of carbonyl (C=O) groups is 3. The minimum atomic E-state index is -1.17. The van der Waals surface area contributed by atoms with Crippen LogP contribution in [0.1, 0.15) is 44.6 Å². The molecule has 6 N–H and O–H groups in total. The van der Waals surface area contributed by atoms with Gasteiger partial charge in [-0.15, -0.1) is 0 Å². The van der Waals surface area contributed by atoms with Gasteiger partial charge in [-0.1, -0.05) is 12.1 Å². The molecule has 4 rings (SSSR count). The molecule has 1 aromatic heterocycles. The lowest BCUT2D eigenvalue weighted by Crippen LogP contribution is -2.45. The van der Waals surface area contributed by atoms with E-state index in [4.69, 9.17) is 20.9 Å². The minimum Gasteiger partial charge on any atom is -0.508 e. The molecule has 1 aliphatic rings. The summed E-state index contributed by atoms with van der Waals surface area (Å²) < 4.78 is 14.8. The van der Waals surface area contributed by atoms with E-state index in [-0.39, 0.29) is 34.7 Å². The molecule has 3 amide bonds. The molecular weight excluding hydrogens is 498 g/mol. The molecule has 0 aliphatic carbocycles. The first-order valence-electron chi connectivity index (χ1n) is 11.5. The van der Waals surface area contributed by atoms with Gasteiger partial charge in [0.25, 0.3) is 11.8 Å². The van der Waals surface area contributed by atoms with Crippen LogP contribution >= 0.6 is 11.5 Å². The number of ether oxygens (including phenoxy) is 2. The molecular formula is C25H27N5O6S. The number of methoxy groups -OCH3 is 1. The van der Waals surface area contributed by atoms with Gasteiger partial charge in [-0.3, -0.25) is 19.3 Å². The van der Waals surface area contributed by atoms with Crippen molar-refractivity contribution in [2.75, 3.05) is 30.9 Å². The van der Waals surface area contributed by atoms with Gasteiger partial charge in [0.2, 0.25) is 5.91 Å². The summed E-state index contributed by atoms with van der Waals surface area (Å²) in [6.45, 7) is 0.901. The van der Waals surface area contributed by atoms with Crippen LogP contribution in [-0.4, -0.2) is 53.6 Å². The van der Waals surface area contributed by atoms with Crippen LogP contribution in [0.5, 0.6) is 11.5 Å². The highest BCUT2D eigenvalue weighted by molar-refractivity contribution is 7.09. The van der Waals surface area contributed by atoms with Crippen molar-refractivity contribution in [1.29, 1.82) is 0 Å². The molecule has 11 nitrogen and oxygen atoms in total. The van der Waals surface area contributed by atoms with Crippen molar-refractivity contribution in [2.24, 2.45) is 5.73 Å². The number of nitrogens with two attached hydrogens (primary N) is 2. The van der Waals surface area contributed by atoms with Crippen molar-refractivity contribution in [1.82, 2.24) is 9.69 Å². The van der Waals surface area contributed by atoms with Crippen molar-refractivity contribution in [3.05, 3.63) is 64.7 Å². The topological polar surface area (TPSA) is 170 Å². The molecule has 0 radical (unpaired) electrons. The van der Waals surface area contributed by atoms with Crippen molar-refractivity contribution >= 4 is 40.6 Å². The van der Waals surface area contributed by atoms with Crippen molar-refractivity contribution in [3.8, 4) is 11.5 Å². The summed E-state index contributed by atoms with van der Waals surface area (Å²) in [7, 11) is 1.51. The molecule has 194 valence electrons. The highest BCUT2D eigenvalue weighted by Gasteiger charge is 2.36. The SMILES string of the molecule is COc1ccc(N(C(=O)c2snc(C(N)=O)c2N)[C@@H](C(=O)NC[C@@H]2CCCO2)c2ccc(O)cc2)cc1. The maximum Gasteiger partial charge on any atom is 0.273 e. The molecule has 12 heteroatoms. The van der Waals surface area contributed by atoms with E-state index >= 15 is 0 Å². The van der Waals surface area contributed by atoms with Crippen molar-refractivity contribution in [3.63, 3.8) is 0 Å². The van der Waals surface area contributed by atoms with Crippen LogP contribution in [0.25, 0.3) is 0 Å². The number of phenolic OH excluding ortho intramolecular Hbond substituents is 1. The number of benzene rings is 2. The molecule has 0 spiro atoms. The Labute approximate surface area is 217 Å². The quantitative estimate of drug-likeness (QED) is 0.329. The van der Waals surface area contributed by atoms with E-state index in [1.807, 2.05) is 0 Å². The maximum atomic E-state index is 14.0. The molecule has 2 aromatic carbocycles. The van der Waals surface area contributed by atoms with Gasteiger partial charge >= 0.3 is 0 Å². The van der Waals surface area contributed by atoms with Crippen LogP contribution in [0.4, 0.5) is 11.4 Å². The number of anilines is 2. The molecule has 0 unspecified atom stereocenters. The number of hydrogen-bond acceptors (Lipinski definition) is 9. The van der Waals surface area contributed by atoms with E-state index in [1.165, 1.54) is 24.1 Å². The summed E-state index contributed by atoms with van der Waals surface area (Å²) >= 11 is 0.720. The van der Waals surface area contributed by atoms with Crippen LogP contribution in [0.3, 0.4) is 0 Å². The molecule has 2 heterocycles. The Hall–Kier alpha value is -4.16. The molecule has 0 saturated carbocycles. The van der Waals surface area contributed by atoms with Gasteiger partial charge in [0, 0.05) is 18.8 Å². The van der Waals surface area contributed by atoms with Gasteiger partial charge in [0.15, 0.2) is 5.69 Å². The van der Waals surface area contributed by atoms with Gasteiger partial charge in [0.05, 0.1) is 18.9 Å². The van der Waals surface area contributed by atoms with Gasteiger partial charge in [-0.2, -0.15) is 4.37 Å². The molecule has 0 bridgehead atoms. The van der Waals surface area contributed by atoms with Gasteiger partial charge in [0.1, 0.15) is 22.4 Å². The first-order valence-corrected chi connectivity index (χ1v) is 12.3. The number of amides is 3. The summed E-state index contributed by atoms with van der Waals surface area (Å²) in [5.74, 6) is -1.44. The van der Waals surface area contributed by atoms with E-state index < -0.39 is 23.8 Å². The number of aromatic nitrogens is 1. The van der Waals surface area contributed by atoms with Crippen LogP contribution in [0.15, 0.2) is 48.5 Å². The van der Waals surface area contributed by atoms with Gasteiger partial charge in [-0.05, 0) is 66.3 Å². The van der Waals surface area contributed by atoms with E-state index in [1.54, 1.807) is 36.4 Å². The number of nitrogens with one attached hydrogen (secondary N) is 1. The van der Waals surface area contributed by atoms with Crippen molar-refractivity contribution in [2.45, 2.75) is 25.0 Å². The molecule has 1 aliphatic heterocycles. The lowest BCUT2D eigenvalue weighted by Gasteiger charge is -2.31. The van der Waals surface area contributed by atoms with Crippen molar-refractivity contribution < 1.29 is 29.0 Å². The highest BCUT2D eigenvalue weighted by Crippen LogP contribution is 2.34. The van der Waals surface area contributed by atoms with Crippen LogP contribution < -0.4 is 26.4 Å². The van der Waals surface area contributed by atoms with E-state index in [9.17, 15) is 19.5 Å². The number of hydrogen-bond donors (Lipinski definition) is 4. The van der Waals surface area contributed by atoms with Gasteiger partial charge < -0.3 is 31.4 Å². The fourth-order valence-corrected chi connectivity index (χ4v) is 4.80. The zero-order valence-corrected chi connectivity index (χ0v) is 20.9. The second-order valence-corrected chi connectivity index (χ2v) is 9.16. The van der Waals surface area contributed by atoms with Crippen LogP contribution in [0, 0.1) is 0 Å². The normalized spacial score (nSPS) is 15.6. The number of nitrogens with zero attached hydrogens (tertiary/aromatic N) is 2. The number of rotatable bonds is 9. The lowest BCUT2D eigenvalue weighted by atomic mass is 10.0. The number of nitrogen functional groups attached to an aromatic ring is 1. The number of carbonyl (C=O) groups excluding carboxylic acids is 3. The highest BCUT2D eigenvalue weighted by atomic mass is 32.1. The summed E-state index contributed by atoms with van der Waals surface area (Å²) in [5, 5.41) is 12.7. The van der Waals surface area contributed by atoms with E-state index in [0.717, 1.165) is 24.4 Å². The third kappa shape index (κ3) is 5.65. The van der Waals surface area contributed by atoms with Crippen LogP contribution in [-0.2, 0) is 9.53 Å². The third-order valence-electron chi connectivity index (χ3n) is 5.97. The molecule has 1 fully saturated rings. The minimum absolute atomic E-state index is 0.00221. The summed E-state index contributed by atoms with van der Waals surface area (Å²) in [5.41, 5.74) is 11.8. The molecule has 3 aromatic rings. The first-order chi connectivity index (χ1) is 17.8. The second-order valence-electron chi connectivity index (χ2n) is 8.39. The number of primary amides is 1. The van der Waals surface area contributed by atoms with Crippen LogP contribution in [0.2, 0.25) is 0 Å². The Morgan fingerprint density at radius 3 is 2.49 bits per heavy atom. The maximum absolute atomic E-state index is 14.0. The summed E-state index contributed by atoms with van der Waals surface area (Å²) in [6, 6.07) is 11.4. The van der Waals surface area contributed by atoms with E-state index in [2.05, 4.69) is 9.69 Å². The standard InChI is InChI=1S/C25H27N5O6S/c1-35-17-10-6-15(7-11-17)30(25(34)22-19(26)20(23(27)32)29-37-22)21(14-4-8-16(31)9-5-14)24(33)28-13-18-3-2-12-36-18/h4-11,18,21,31H,2-3,12-13,26H2,1H3,(H2,27,32)(H,28,33)/t18-,21+/m0/s1. The monoisotopic (exact) mass is 525 g/mol. The molecule has 37 heavy (non-hydrogen) atoms. The fraction of sp³-hybridized carbons (Fsp3) is 0.280. The molecule has 2 atom stereocenters. The Kier molecular flexibility index (Phi) is 7.89.